The van der Waals surface area contributed by atoms with Crippen molar-refractivity contribution in [2.24, 2.45) is 0 Å². The van der Waals surface area contributed by atoms with Gasteiger partial charge in [-0.15, -0.1) is 0 Å². The first-order valence-electron chi connectivity index (χ1n) is 6.03. The SMILES string of the molecule is N#Cc1cccc(N2C(=O)C3CNC(=O)CN3C2=O)c1. The Morgan fingerprint density at radius 2 is 2.10 bits per heavy atom. The number of amides is 4. The molecule has 2 fully saturated rings. The van der Waals surface area contributed by atoms with Crippen molar-refractivity contribution >= 4 is 23.5 Å². The first-order valence-corrected chi connectivity index (χ1v) is 6.03. The minimum absolute atomic E-state index is 0.121. The minimum atomic E-state index is -0.661. The molecule has 100 valence electrons. The molecule has 1 unspecified atom stereocenters. The van der Waals surface area contributed by atoms with E-state index < -0.39 is 12.1 Å². The fourth-order valence-electron chi connectivity index (χ4n) is 2.39. The number of hydrogen-bond acceptors (Lipinski definition) is 4. The van der Waals surface area contributed by atoms with Crippen LogP contribution in [-0.4, -0.2) is 41.9 Å². The highest BCUT2D eigenvalue weighted by Crippen LogP contribution is 2.26. The van der Waals surface area contributed by atoms with Crippen molar-refractivity contribution in [3.63, 3.8) is 0 Å². The zero-order valence-corrected chi connectivity index (χ0v) is 10.4. The van der Waals surface area contributed by atoms with Gasteiger partial charge in [-0.25, -0.2) is 9.69 Å². The van der Waals surface area contributed by atoms with Gasteiger partial charge in [0.1, 0.15) is 12.6 Å². The molecule has 1 atom stereocenters. The van der Waals surface area contributed by atoms with Gasteiger partial charge in [0.05, 0.1) is 17.3 Å². The average molecular weight is 270 g/mol. The van der Waals surface area contributed by atoms with E-state index in [-0.39, 0.29) is 24.9 Å². The Morgan fingerprint density at radius 3 is 2.85 bits per heavy atom. The van der Waals surface area contributed by atoms with Crippen LogP contribution in [0, 0.1) is 11.3 Å². The summed E-state index contributed by atoms with van der Waals surface area (Å²) in [5, 5.41) is 11.4. The molecule has 0 spiro atoms. The molecule has 1 N–H and O–H groups in total. The summed E-state index contributed by atoms with van der Waals surface area (Å²) < 4.78 is 0. The number of carbonyl (C=O) groups excluding carboxylic acids is 3. The summed E-state index contributed by atoms with van der Waals surface area (Å²) in [6.45, 7) is 0.00152. The molecule has 2 aliphatic rings. The van der Waals surface area contributed by atoms with Crippen LogP contribution in [0.4, 0.5) is 10.5 Å². The molecule has 2 heterocycles. The topological polar surface area (TPSA) is 93.5 Å². The maximum Gasteiger partial charge on any atom is 0.332 e. The Morgan fingerprint density at radius 1 is 1.30 bits per heavy atom. The van der Waals surface area contributed by atoms with Crippen LogP contribution < -0.4 is 10.2 Å². The fraction of sp³-hybridized carbons (Fsp3) is 0.231. The second-order valence-electron chi connectivity index (χ2n) is 4.57. The van der Waals surface area contributed by atoms with Crippen LogP contribution in [0.3, 0.4) is 0 Å². The van der Waals surface area contributed by atoms with Gasteiger partial charge in [0.15, 0.2) is 0 Å². The standard InChI is InChI=1S/C13H10N4O3/c14-5-8-2-1-3-9(4-8)17-12(19)10-6-15-11(18)7-16(10)13(17)20/h1-4,10H,6-7H2,(H,15,18). The quantitative estimate of drug-likeness (QED) is 0.717. The molecule has 20 heavy (non-hydrogen) atoms. The third-order valence-corrected chi connectivity index (χ3v) is 3.36. The third kappa shape index (κ3) is 1.70. The summed E-state index contributed by atoms with van der Waals surface area (Å²) in [4.78, 5) is 38.1. The highest BCUT2D eigenvalue weighted by molar-refractivity contribution is 6.22. The molecule has 0 saturated carbocycles. The Balaban J connectivity index is 1.98. The number of hydrogen-bond donors (Lipinski definition) is 1. The zero-order valence-electron chi connectivity index (χ0n) is 10.4. The van der Waals surface area contributed by atoms with Crippen LogP contribution in [0.5, 0.6) is 0 Å². The molecule has 3 rings (SSSR count). The van der Waals surface area contributed by atoms with Crippen LogP contribution in [0.15, 0.2) is 24.3 Å². The van der Waals surface area contributed by atoms with Gasteiger partial charge >= 0.3 is 6.03 Å². The number of nitriles is 1. The zero-order chi connectivity index (χ0) is 14.3. The first-order chi connectivity index (χ1) is 9.61. The lowest BCUT2D eigenvalue weighted by Crippen LogP contribution is -2.54. The van der Waals surface area contributed by atoms with Crippen molar-refractivity contribution in [2.45, 2.75) is 6.04 Å². The largest absolute Gasteiger partial charge is 0.352 e. The Hall–Kier alpha value is -2.88. The van der Waals surface area contributed by atoms with E-state index in [0.717, 1.165) is 4.90 Å². The summed E-state index contributed by atoms with van der Waals surface area (Å²) in [5.41, 5.74) is 0.711. The first kappa shape index (κ1) is 12.2. The lowest BCUT2D eigenvalue weighted by Gasteiger charge is -2.26. The van der Waals surface area contributed by atoms with E-state index >= 15 is 0 Å². The number of fused-ring (bicyclic) bond motifs is 1. The molecule has 7 nitrogen and oxygen atoms in total. The number of urea groups is 1. The summed E-state index contributed by atoms with van der Waals surface area (Å²) in [5.74, 6) is -0.667. The lowest BCUT2D eigenvalue weighted by molar-refractivity contribution is -0.126. The highest BCUT2D eigenvalue weighted by Gasteiger charge is 2.48. The molecule has 7 heteroatoms. The summed E-state index contributed by atoms with van der Waals surface area (Å²) in [7, 11) is 0. The van der Waals surface area contributed by atoms with Crippen molar-refractivity contribution in [3.8, 4) is 6.07 Å². The maximum absolute atomic E-state index is 12.3. The predicted octanol–water partition coefficient (Wildman–Crippen LogP) is -0.175. The maximum atomic E-state index is 12.3. The smallest absolute Gasteiger partial charge is 0.332 e. The van der Waals surface area contributed by atoms with Crippen molar-refractivity contribution in [3.05, 3.63) is 29.8 Å². The van der Waals surface area contributed by atoms with Crippen LogP contribution in [0.2, 0.25) is 0 Å². The van der Waals surface area contributed by atoms with Crippen LogP contribution >= 0.6 is 0 Å². The number of piperazine rings is 1. The number of nitrogens with one attached hydrogen (secondary N) is 1. The molecular weight excluding hydrogens is 260 g/mol. The van der Waals surface area contributed by atoms with E-state index in [4.69, 9.17) is 5.26 Å². The average Bonchev–Trinajstić information content (AvgIpc) is 2.70. The predicted molar refractivity (Wildman–Crippen MR) is 67.5 cm³/mol. The molecule has 0 bridgehead atoms. The van der Waals surface area contributed by atoms with Gasteiger partial charge in [0.25, 0.3) is 5.91 Å². The molecular formula is C13H10N4O3. The van der Waals surface area contributed by atoms with E-state index in [1.807, 2.05) is 6.07 Å². The molecule has 1 aromatic carbocycles. The third-order valence-electron chi connectivity index (χ3n) is 3.36. The summed E-state index contributed by atoms with van der Waals surface area (Å²) in [6, 6.07) is 7.04. The Bertz CT molecular complexity index is 664. The van der Waals surface area contributed by atoms with Gasteiger partial charge in [-0.05, 0) is 18.2 Å². The highest BCUT2D eigenvalue weighted by atomic mass is 16.2. The van der Waals surface area contributed by atoms with Gasteiger partial charge < -0.3 is 10.2 Å². The van der Waals surface area contributed by atoms with Crippen molar-refractivity contribution in [1.82, 2.24) is 10.2 Å². The molecule has 2 aliphatic heterocycles. The van der Waals surface area contributed by atoms with E-state index in [1.54, 1.807) is 18.2 Å². The van der Waals surface area contributed by atoms with Gasteiger partial charge in [0, 0.05) is 6.54 Å². The number of imide groups is 1. The summed E-state index contributed by atoms with van der Waals surface area (Å²) in [6.07, 6.45) is 0. The number of carbonyl (C=O) groups is 3. The van der Waals surface area contributed by atoms with Crippen molar-refractivity contribution in [2.75, 3.05) is 18.0 Å². The van der Waals surface area contributed by atoms with Crippen LogP contribution in [0.25, 0.3) is 0 Å². The van der Waals surface area contributed by atoms with Gasteiger partial charge in [-0.2, -0.15) is 5.26 Å². The van der Waals surface area contributed by atoms with Crippen LogP contribution in [-0.2, 0) is 9.59 Å². The number of benzene rings is 1. The second kappa shape index (κ2) is 4.35. The number of nitrogens with zero attached hydrogens (tertiary/aromatic N) is 3. The second-order valence-corrected chi connectivity index (χ2v) is 4.57. The molecule has 4 amide bonds. The molecule has 0 radical (unpaired) electrons. The van der Waals surface area contributed by atoms with Crippen molar-refractivity contribution < 1.29 is 14.4 Å². The molecule has 2 saturated heterocycles. The Kier molecular flexibility index (Phi) is 2.64. The monoisotopic (exact) mass is 270 g/mol. The van der Waals surface area contributed by atoms with E-state index in [1.165, 1.54) is 11.0 Å². The van der Waals surface area contributed by atoms with E-state index in [2.05, 4.69) is 5.32 Å². The van der Waals surface area contributed by atoms with Crippen LogP contribution in [0.1, 0.15) is 5.56 Å². The minimum Gasteiger partial charge on any atom is -0.352 e. The molecule has 0 aromatic heterocycles. The van der Waals surface area contributed by atoms with E-state index in [0.29, 0.717) is 11.3 Å². The fourth-order valence-corrected chi connectivity index (χ4v) is 2.39. The molecule has 0 aliphatic carbocycles. The van der Waals surface area contributed by atoms with Gasteiger partial charge in [-0.1, -0.05) is 6.07 Å². The normalized spacial score (nSPS) is 21.6. The number of anilines is 1. The molecule has 1 aromatic rings. The van der Waals surface area contributed by atoms with Gasteiger partial charge in [0.2, 0.25) is 5.91 Å². The van der Waals surface area contributed by atoms with Crippen molar-refractivity contribution in [1.29, 1.82) is 5.26 Å². The Labute approximate surface area is 114 Å². The van der Waals surface area contributed by atoms with Gasteiger partial charge in [-0.3, -0.25) is 9.59 Å². The lowest BCUT2D eigenvalue weighted by atomic mass is 10.2. The number of rotatable bonds is 1. The van der Waals surface area contributed by atoms with E-state index in [9.17, 15) is 14.4 Å². The summed E-state index contributed by atoms with van der Waals surface area (Å²) >= 11 is 0.